The van der Waals surface area contributed by atoms with E-state index in [1.54, 1.807) is 0 Å². The molecule has 0 fully saturated rings. The molecule has 0 aromatic carbocycles. The van der Waals surface area contributed by atoms with Gasteiger partial charge in [0.25, 0.3) is 0 Å². The number of hydrogen-bond acceptors (Lipinski definition) is 1. The van der Waals surface area contributed by atoms with Crippen LogP contribution in [0.2, 0.25) is 0 Å². The first-order chi connectivity index (χ1) is 8.07. The lowest BCUT2D eigenvalue weighted by Gasteiger charge is -2.04. The van der Waals surface area contributed by atoms with E-state index < -0.39 is 0 Å². The Kier molecular flexibility index (Phi) is 11.2. The van der Waals surface area contributed by atoms with Gasteiger partial charge in [-0.2, -0.15) is 0 Å². The highest BCUT2D eigenvalue weighted by molar-refractivity contribution is 14.1. The molecule has 0 unspecified atom stereocenters. The van der Waals surface area contributed by atoms with Crippen LogP contribution in [0.25, 0.3) is 0 Å². The van der Waals surface area contributed by atoms with Gasteiger partial charge in [-0.3, -0.25) is 4.79 Å². The van der Waals surface area contributed by atoms with Crippen molar-refractivity contribution in [2.24, 2.45) is 5.92 Å². The summed E-state index contributed by atoms with van der Waals surface area (Å²) in [6, 6.07) is 0. The van der Waals surface area contributed by atoms with Gasteiger partial charge in [0.2, 0.25) is 0 Å². The molecule has 0 radical (unpaired) electrons. The van der Waals surface area contributed by atoms with Crippen molar-refractivity contribution in [1.29, 1.82) is 0 Å². The van der Waals surface area contributed by atoms with Crippen LogP contribution in [0.4, 0.5) is 4.39 Å². The highest BCUT2D eigenvalue weighted by Gasteiger charge is 2.05. The third kappa shape index (κ3) is 10.9. The lowest BCUT2D eigenvalue weighted by Crippen LogP contribution is -2.05. The highest BCUT2D eigenvalue weighted by Crippen LogP contribution is 2.14. The zero-order valence-electron chi connectivity index (χ0n) is 11.0. The first-order valence-electron chi connectivity index (χ1n) is 6.55. The average Bonchev–Trinajstić information content (AvgIpc) is 2.31. The number of allylic oxidation sites excluding steroid dienone is 1. The molecule has 0 aromatic rings. The third-order valence-corrected chi connectivity index (χ3v) is 3.53. The minimum atomic E-state index is -0.00636. The molecule has 0 aliphatic carbocycles. The van der Waals surface area contributed by atoms with Gasteiger partial charge < -0.3 is 0 Å². The summed E-state index contributed by atoms with van der Waals surface area (Å²) in [5, 5.41) is 0. The van der Waals surface area contributed by atoms with Crippen LogP contribution in [0.3, 0.4) is 0 Å². The molecule has 0 aliphatic rings. The Morgan fingerprint density at radius 3 is 2.00 bits per heavy atom. The number of halogens is 2. The largest absolute Gasteiger partial charge is 0.299 e. The zero-order chi connectivity index (χ0) is 13.1. The Morgan fingerprint density at radius 2 is 1.53 bits per heavy atom. The van der Waals surface area contributed by atoms with Gasteiger partial charge in [-0.25, -0.2) is 4.39 Å². The van der Waals surface area contributed by atoms with Gasteiger partial charge in [0.1, 0.15) is 11.6 Å². The molecule has 0 saturated carbocycles. The predicted octanol–water partition coefficient (Wildman–Crippen LogP) is 5.58. The molecule has 1 nitrogen and oxygen atoms in total. The molecular formula is C14H24FIO. The van der Waals surface area contributed by atoms with E-state index in [9.17, 15) is 9.18 Å². The summed E-state index contributed by atoms with van der Waals surface area (Å²) in [5.41, 5.74) is 0. The lowest BCUT2D eigenvalue weighted by atomic mass is 10.0. The fourth-order valence-corrected chi connectivity index (χ4v) is 1.95. The molecule has 0 atom stereocenters. The van der Waals surface area contributed by atoms with E-state index in [0.717, 1.165) is 38.5 Å². The van der Waals surface area contributed by atoms with Crippen molar-refractivity contribution >= 4 is 28.4 Å². The van der Waals surface area contributed by atoms with Gasteiger partial charge in [-0.15, -0.1) is 0 Å². The maximum atomic E-state index is 12.7. The minimum Gasteiger partial charge on any atom is -0.299 e. The minimum absolute atomic E-state index is 0.00636. The molecule has 0 heterocycles. The van der Waals surface area contributed by atoms with E-state index in [4.69, 9.17) is 0 Å². The van der Waals surface area contributed by atoms with Gasteiger partial charge >= 0.3 is 0 Å². The second-order valence-electron chi connectivity index (χ2n) is 4.80. The van der Waals surface area contributed by atoms with E-state index in [-0.39, 0.29) is 11.7 Å². The maximum absolute atomic E-state index is 12.7. The molecule has 3 heteroatoms. The van der Waals surface area contributed by atoms with Crippen LogP contribution >= 0.6 is 22.6 Å². The highest BCUT2D eigenvalue weighted by atomic mass is 127. The van der Waals surface area contributed by atoms with Crippen molar-refractivity contribution in [1.82, 2.24) is 0 Å². The fraction of sp³-hybridized carbons (Fsp3) is 0.786. The van der Waals surface area contributed by atoms with Crippen molar-refractivity contribution < 1.29 is 9.18 Å². The van der Waals surface area contributed by atoms with E-state index in [2.05, 4.69) is 0 Å². The molecule has 0 N–H and O–H groups in total. The van der Waals surface area contributed by atoms with Crippen molar-refractivity contribution in [3.05, 3.63) is 9.91 Å². The Balaban J connectivity index is 3.22. The average molecular weight is 354 g/mol. The molecule has 0 aromatic heterocycles. The maximum Gasteiger partial charge on any atom is 0.135 e. The van der Waals surface area contributed by atoms with Crippen molar-refractivity contribution in [3.8, 4) is 0 Å². The smallest absolute Gasteiger partial charge is 0.135 e. The third-order valence-electron chi connectivity index (χ3n) is 2.85. The number of carbonyl (C=O) groups is 1. The quantitative estimate of drug-likeness (QED) is 0.370. The van der Waals surface area contributed by atoms with E-state index in [0.29, 0.717) is 12.2 Å². The van der Waals surface area contributed by atoms with Gasteiger partial charge in [-0.1, -0.05) is 62.1 Å². The molecule has 0 spiro atoms. The number of Topliss-reactive ketones (excluding diaryl/α,β-unsaturated/α-hetero) is 1. The summed E-state index contributed by atoms with van der Waals surface area (Å²) >= 11 is 1.94. The zero-order valence-corrected chi connectivity index (χ0v) is 13.1. The second-order valence-corrected chi connectivity index (χ2v) is 5.42. The van der Waals surface area contributed by atoms with Crippen LogP contribution in [0.1, 0.15) is 65.2 Å². The van der Waals surface area contributed by atoms with Crippen molar-refractivity contribution in [2.75, 3.05) is 0 Å². The Morgan fingerprint density at radius 1 is 1.06 bits per heavy atom. The number of ketones is 1. The molecule has 0 bridgehead atoms. The number of hydrogen-bond donors (Lipinski definition) is 0. The second kappa shape index (κ2) is 11.2. The normalized spacial score (nSPS) is 12.2. The van der Waals surface area contributed by atoms with E-state index in [1.165, 1.54) is 10.5 Å². The molecule has 0 saturated heterocycles. The first kappa shape index (κ1) is 17.1. The predicted molar refractivity (Wildman–Crippen MR) is 80.0 cm³/mol. The van der Waals surface area contributed by atoms with Gasteiger partial charge in [0, 0.05) is 16.4 Å². The van der Waals surface area contributed by atoms with Crippen LogP contribution in [0.5, 0.6) is 0 Å². The van der Waals surface area contributed by atoms with Gasteiger partial charge in [0.15, 0.2) is 0 Å². The summed E-state index contributed by atoms with van der Waals surface area (Å²) in [4.78, 5) is 11.3. The van der Waals surface area contributed by atoms with Crippen LogP contribution in [0, 0.1) is 5.92 Å². The number of rotatable bonds is 10. The molecule has 0 amide bonds. The van der Waals surface area contributed by atoms with Crippen LogP contribution in [-0.2, 0) is 4.79 Å². The van der Waals surface area contributed by atoms with Crippen molar-refractivity contribution in [3.63, 3.8) is 0 Å². The molecule has 0 rings (SSSR count). The molecule has 0 aliphatic heterocycles. The summed E-state index contributed by atoms with van der Waals surface area (Å²) in [6.45, 7) is 3.91. The number of carbonyl (C=O) groups excluding carboxylic acids is 1. The van der Waals surface area contributed by atoms with E-state index in [1.807, 2.05) is 36.4 Å². The Bertz CT molecular complexity index is 236. The summed E-state index contributed by atoms with van der Waals surface area (Å²) in [7, 11) is 0. The van der Waals surface area contributed by atoms with Gasteiger partial charge in [0.05, 0.1) is 0 Å². The summed E-state index contributed by atoms with van der Waals surface area (Å²) < 4.78 is 14.3. The standard InChI is InChI=1S/C14H24FIO/c1-12(2)14(17)10-8-6-4-3-5-7-9-13(15)11-16/h11-12H,3-10H2,1-2H3/b13-11-. The summed E-state index contributed by atoms with van der Waals surface area (Å²) in [5.74, 6) is 0.547. The fourth-order valence-electron chi connectivity index (χ4n) is 1.64. The molecule has 17 heavy (non-hydrogen) atoms. The monoisotopic (exact) mass is 354 g/mol. The molecular weight excluding hydrogens is 330 g/mol. The molecule has 100 valence electrons. The van der Waals surface area contributed by atoms with Crippen LogP contribution in [0.15, 0.2) is 9.91 Å². The summed E-state index contributed by atoms with van der Waals surface area (Å²) in [6.07, 6.45) is 7.80. The topological polar surface area (TPSA) is 17.1 Å². The lowest BCUT2D eigenvalue weighted by molar-refractivity contribution is -0.122. The van der Waals surface area contributed by atoms with E-state index >= 15 is 0 Å². The SMILES string of the molecule is CC(C)C(=O)CCCCCCCC/C(F)=C/I. The number of unbranched alkanes of at least 4 members (excludes halogenated alkanes) is 5. The Hall–Kier alpha value is 0.0700. The van der Waals surface area contributed by atoms with Crippen LogP contribution in [-0.4, -0.2) is 5.78 Å². The van der Waals surface area contributed by atoms with Crippen molar-refractivity contribution in [2.45, 2.75) is 65.2 Å². The van der Waals surface area contributed by atoms with Gasteiger partial charge in [-0.05, 0) is 19.3 Å². The Labute approximate surface area is 118 Å². The first-order valence-corrected chi connectivity index (χ1v) is 7.80. The van der Waals surface area contributed by atoms with Crippen LogP contribution < -0.4 is 0 Å².